The summed E-state index contributed by atoms with van der Waals surface area (Å²) in [7, 11) is 0. The van der Waals surface area contributed by atoms with Gasteiger partial charge in [0.05, 0.1) is 0 Å². The molecule has 0 saturated carbocycles. The van der Waals surface area contributed by atoms with E-state index in [1.165, 1.54) is 0 Å². The number of hydrogen-bond acceptors (Lipinski definition) is 2. The van der Waals surface area contributed by atoms with Crippen LogP contribution in [0.4, 0.5) is 0 Å². The number of amides is 1. The first kappa shape index (κ1) is 17.9. The molecule has 0 radical (unpaired) electrons. The highest BCUT2D eigenvalue weighted by Crippen LogP contribution is 2.17. The lowest BCUT2D eigenvalue weighted by Gasteiger charge is -2.07. The quantitative estimate of drug-likeness (QED) is 0.650. The average Bonchev–Trinajstić information content (AvgIpc) is 2.99. The molecule has 0 aliphatic heterocycles. The van der Waals surface area contributed by atoms with Gasteiger partial charge in [-0.25, -0.2) is 0 Å². The molecule has 0 aliphatic rings. The van der Waals surface area contributed by atoms with E-state index in [2.05, 4.69) is 22.4 Å². The zero-order valence-corrected chi connectivity index (χ0v) is 15.5. The summed E-state index contributed by atoms with van der Waals surface area (Å²) in [5, 5.41) is 4.03. The van der Waals surface area contributed by atoms with Crippen molar-refractivity contribution in [3.63, 3.8) is 0 Å². The lowest BCUT2D eigenvalue weighted by atomic mass is 10.0. The fourth-order valence-electron chi connectivity index (χ4n) is 3.01. The number of H-pyrrole nitrogens is 1. The number of carbonyl (C=O) groups excluding carboxylic acids is 2. The Bertz CT molecular complexity index is 969. The highest BCUT2D eigenvalue weighted by atomic mass is 16.2. The number of aromatic nitrogens is 1. The largest absolute Gasteiger partial charge is 0.359 e. The molecule has 0 saturated heterocycles. The molecule has 1 heterocycles. The third kappa shape index (κ3) is 4.20. The van der Waals surface area contributed by atoms with Crippen LogP contribution < -0.4 is 5.32 Å². The predicted molar refractivity (Wildman–Crippen MR) is 104 cm³/mol. The van der Waals surface area contributed by atoms with Gasteiger partial charge in [-0.3, -0.25) is 9.59 Å². The minimum absolute atomic E-state index is 0.00691. The Morgan fingerprint density at radius 1 is 0.923 bits per heavy atom. The minimum Gasteiger partial charge on any atom is -0.359 e. The summed E-state index contributed by atoms with van der Waals surface area (Å²) >= 11 is 0. The monoisotopic (exact) mass is 348 g/mol. The molecule has 3 rings (SSSR count). The third-order valence-electron chi connectivity index (χ3n) is 4.72. The number of aromatic amines is 1. The number of aryl methyl sites for hydroxylation is 3. The average molecular weight is 348 g/mol. The Kier molecular flexibility index (Phi) is 5.21. The molecule has 4 nitrogen and oxygen atoms in total. The third-order valence-corrected chi connectivity index (χ3v) is 4.72. The van der Waals surface area contributed by atoms with Crippen molar-refractivity contribution in [2.45, 2.75) is 40.2 Å². The zero-order chi connectivity index (χ0) is 18.7. The minimum atomic E-state index is -0.104. The molecule has 4 heteroatoms. The maximum absolute atomic E-state index is 12.3. The van der Waals surface area contributed by atoms with Crippen molar-refractivity contribution in [3.8, 4) is 0 Å². The van der Waals surface area contributed by atoms with E-state index in [-0.39, 0.29) is 24.5 Å². The Hall–Kier alpha value is -2.88. The van der Waals surface area contributed by atoms with Crippen LogP contribution in [0.2, 0.25) is 0 Å². The molecule has 2 aromatic carbocycles. The number of ketones is 1. The van der Waals surface area contributed by atoms with E-state index in [0.29, 0.717) is 12.1 Å². The van der Waals surface area contributed by atoms with Crippen LogP contribution in [0.1, 0.15) is 45.6 Å². The first-order valence-corrected chi connectivity index (χ1v) is 8.88. The van der Waals surface area contributed by atoms with Crippen LogP contribution in [-0.4, -0.2) is 16.7 Å². The first-order valence-electron chi connectivity index (χ1n) is 8.88. The Morgan fingerprint density at radius 3 is 2.50 bits per heavy atom. The summed E-state index contributed by atoms with van der Waals surface area (Å²) in [6.45, 7) is 6.50. The normalized spacial score (nSPS) is 10.9. The van der Waals surface area contributed by atoms with E-state index in [1.807, 2.05) is 51.1 Å². The number of hydrogen-bond donors (Lipinski definition) is 2. The van der Waals surface area contributed by atoms with Crippen molar-refractivity contribution >= 4 is 22.6 Å². The molecule has 26 heavy (non-hydrogen) atoms. The van der Waals surface area contributed by atoms with Crippen LogP contribution in [0.15, 0.2) is 42.5 Å². The smallest absolute Gasteiger partial charge is 0.220 e. The summed E-state index contributed by atoms with van der Waals surface area (Å²) in [4.78, 5) is 27.6. The number of nitrogens with one attached hydrogen (secondary N) is 2. The molecule has 0 fully saturated rings. The van der Waals surface area contributed by atoms with Crippen molar-refractivity contribution < 1.29 is 9.59 Å². The van der Waals surface area contributed by atoms with E-state index >= 15 is 0 Å². The second kappa shape index (κ2) is 7.56. The highest BCUT2D eigenvalue weighted by molar-refractivity contribution is 5.98. The summed E-state index contributed by atoms with van der Waals surface area (Å²) in [5.41, 5.74) is 6.19. The number of Topliss-reactive ketones (excluding diaryl/α,β-unsaturated/α-hetero) is 1. The summed E-state index contributed by atoms with van der Waals surface area (Å²) in [6.07, 6.45) is 0.432. The van der Waals surface area contributed by atoms with E-state index < -0.39 is 0 Å². The molecule has 0 unspecified atom stereocenters. The van der Waals surface area contributed by atoms with Gasteiger partial charge in [-0.05, 0) is 67.1 Å². The molecule has 0 aliphatic carbocycles. The number of fused-ring (bicyclic) bond motifs is 1. The maximum Gasteiger partial charge on any atom is 0.220 e. The number of benzene rings is 2. The van der Waals surface area contributed by atoms with E-state index in [0.717, 1.165) is 33.3 Å². The zero-order valence-electron chi connectivity index (χ0n) is 15.5. The van der Waals surface area contributed by atoms with Crippen LogP contribution in [0.5, 0.6) is 0 Å². The van der Waals surface area contributed by atoms with Crippen molar-refractivity contribution in [2.75, 3.05) is 0 Å². The van der Waals surface area contributed by atoms with Crippen molar-refractivity contribution in [2.24, 2.45) is 0 Å². The maximum atomic E-state index is 12.3. The van der Waals surface area contributed by atoms with Crippen molar-refractivity contribution in [1.29, 1.82) is 0 Å². The van der Waals surface area contributed by atoms with Gasteiger partial charge in [0.15, 0.2) is 5.78 Å². The SMILES string of the molecule is Cc1cc2cc(CNC(=O)CCC(=O)c3ccc(C)c(C)c3)ccc2[nH]1. The van der Waals surface area contributed by atoms with Crippen LogP contribution in [0.3, 0.4) is 0 Å². The second-order valence-corrected chi connectivity index (χ2v) is 6.87. The van der Waals surface area contributed by atoms with Crippen LogP contribution in [0, 0.1) is 20.8 Å². The van der Waals surface area contributed by atoms with Gasteiger partial charge in [-0.2, -0.15) is 0 Å². The molecule has 0 bridgehead atoms. The van der Waals surface area contributed by atoms with E-state index in [9.17, 15) is 9.59 Å². The molecule has 3 aromatic rings. The molecule has 0 spiro atoms. The topological polar surface area (TPSA) is 62.0 Å². The molecule has 1 aromatic heterocycles. The first-order chi connectivity index (χ1) is 12.4. The van der Waals surface area contributed by atoms with E-state index in [4.69, 9.17) is 0 Å². The highest BCUT2D eigenvalue weighted by Gasteiger charge is 2.10. The number of carbonyl (C=O) groups is 2. The fraction of sp³-hybridized carbons (Fsp3) is 0.273. The van der Waals surface area contributed by atoms with Crippen LogP contribution in [-0.2, 0) is 11.3 Å². The van der Waals surface area contributed by atoms with Crippen LogP contribution >= 0.6 is 0 Å². The van der Waals surface area contributed by atoms with Gasteiger partial charge < -0.3 is 10.3 Å². The van der Waals surface area contributed by atoms with E-state index in [1.54, 1.807) is 0 Å². The molecular formula is C22H24N2O2. The summed E-state index contributed by atoms with van der Waals surface area (Å²) in [5.74, 6) is -0.0972. The number of rotatable bonds is 6. The van der Waals surface area contributed by atoms with Gasteiger partial charge in [-0.1, -0.05) is 18.2 Å². The summed E-state index contributed by atoms with van der Waals surface area (Å²) < 4.78 is 0. The van der Waals surface area contributed by atoms with Crippen molar-refractivity contribution in [1.82, 2.24) is 10.3 Å². The van der Waals surface area contributed by atoms with Gasteiger partial charge in [0.2, 0.25) is 5.91 Å². The van der Waals surface area contributed by atoms with Crippen molar-refractivity contribution in [3.05, 3.63) is 70.4 Å². The lowest BCUT2D eigenvalue weighted by Crippen LogP contribution is -2.23. The Morgan fingerprint density at radius 2 is 1.73 bits per heavy atom. The van der Waals surface area contributed by atoms with Gasteiger partial charge in [0.25, 0.3) is 0 Å². The second-order valence-electron chi connectivity index (χ2n) is 6.87. The van der Waals surface area contributed by atoms with Gasteiger partial charge >= 0.3 is 0 Å². The molecule has 1 amide bonds. The Labute approximate surface area is 153 Å². The molecule has 0 atom stereocenters. The lowest BCUT2D eigenvalue weighted by molar-refractivity contribution is -0.121. The molecule has 134 valence electrons. The van der Waals surface area contributed by atoms with Gasteiger partial charge in [-0.15, -0.1) is 0 Å². The molecule has 2 N–H and O–H groups in total. The van der Waals surface area contributed by atoms with Crippen LogP contribution in [0.25, 0.3) is 10.9 Å². The van der Waals surface area contributed by atoms with Gasteiger partial charge in [0, 0.05) is 36.2 Å². The standard InChI is InChI=1S/C22H24N2O2/c1-14-4-6-18(10-15(14)2)21(25)8-9-22(26)23-13-17-5-7-20-19(12-17)11-16(3)24-20/h4-7,10-12,24H,8-9,13H2,1-3H3,(H,23,26). The summed E-state index contributed by atoms with van der Waals surface area (Å²) in [6, 6.07) is 13.8. The Balaban J connectivity index is 1.51. The molecular weight excluding hydrogens is 324 g/mol. The fourth-order valence-corrected chi connectivity index (χ4v) is 3.01. The predicted octanol–water partition coefficient (Wildman–Crippen LogP) is 4.37. The van der Waals surface area contributed by atoms with Gasteiger partial charge in [0.1, 0.15) is 0 Å².